The number of halogens is 3. The molecule has 2 amide bonds. The molecule has 156 valence electrons. The van der Waals surface area contributed by atoms with E-state index in [1.807, 2.05) is 0 Å². The van der Waals surface area contributed by atoms with Crippen LogP contribution >= 0.6 is 0 Å². The number of carbonyl (C=O) groups excluding carboxylic acids is 2. The second kappa shape index (κ2) is 9.47. The number of nitrogens with one attached hydrogen (secondary N) is 1. The van der Waals surface area contributed by atoms with E-state index in [4.69, 9.17) is 15.2 Å². The maximum absolute atomic E-state index is 12.8. The molecule has 2 aromatic rings. The molecule has 0 atom stereocenters. The van der Waals surface area contributed by atoms with Crippen LogP contribution in [-0.4, -0.2) is 25.5 Å². The van der Waals surface area contributed by atoms with Gasteiger partial charge in [0, 0.05) is 5.69 Å². The number of nitrogens with zero attached hydrogens (tertiary/aromatic N) is 1. The van der Waals surface area contributed by atoms with Gasteiger partial charge in [-0.2, -0.15) is 18.4 Å². The van der Waals surface area contributed by atoms with Crippen molar-refractivity contribution in [2.24, 2.45) is 5.73 Å². The number of rotatable bonds is 7. The lowest BCUT2D eigenvalue weighted by Crippen LogP contribution is -2.20. The smallest absolute Gasteiger partial charge is 0.416 e. The second-order valence-electron chi connectivity index (χ2n) is 5.87. The molecule has 0 unspecified atom stereocenters. The Bertz CT molecular complexity index is 1030. The van der Waals surface area contributed by atoms with E-state index in [0.717, 1.165) is 18.2 Å². The van der Waals surface area contributed by atoms with Gasteiger partial charge in [-0.25, -0.2) is 0 Å². The maximum Gasteiger partial charge on any atom is 0.416 e. The number of nitrogens with two attached hydrogens (primary N) is 1. The summed E-state index contributed by atoms with van der Waals surface area (Å²) < 4.78 is 48.7. The molecular formula is C20H16F3N3O4. The SMILES string of the molecule is COc1cc(/C=C(\C#N)C(=O)Nc2cccc(C(F)(F)F)c2)ccc1OCC(N)=O. The van der Waals surface area contributed by atoms with Gasteiger partial charge in [-0.3, -0.25) is 9.59 Å². The van der Waals surface area contributed by atoms with Crippen LogP contribution in [0.5, 0.6) is 11.5 Å². The Kier molecular flexibility index (Phi) is 7.03. The molecule has 0 saturated carbocycles. The predicted octanol–water partition coefficient (Wildman–Crippen LogP) is 3.12. The predicted molar refractivity (Wildman–Crippen MR) is 101 cm³/mol. The highest BCUT2D eigenvalue weighted by Gasteiger charge is 2.30. The van der Waals surface area contributed by atoms with Crippen molar-refractivity contribution in [2.75, 3.05) is 19.0 Å². The Hall–Kier alpha value is -4.00. The Balaban J connectivity index is 2.23. The third kappa shape index (κ3) is 6.00. The number of amides is 2. The van der Waals surface area contributed by atoms with E-state index in [0.29, 0.717) is 5.56 Å². The van der Waals surface area contributed by atoms with E-state index < -0.39 is 23.6 Å². The lowest BCUT2D eigenvalue weighted by atomic mass is 10.1. The van der Waals surface area contributed by atoms with Gasteiger partial charge in [-0.1, -0.05) is 12.1 Å². The first kappa shape index (κ1) is 22.3. The number of carbonyl (C=O) groups is 2. The van der Waals surface area contributed by atoms with Crippen molar-refractivity contribution in [3.8, 4) is 17.6 Å². The molecule has 10 heteroatoms. The average Bonchev–Trinajstić information content (AvgIpc) is 2.70. The number of hydrogen-bond acceptors (Lipinski definition) is 5. The molecule has 0 aliphatic carbocycles. The summed E-state index contributed by atoms with van der Waals surface area (Å²) in [5, 5.41) is 11.5. The fourth-order valence-electron chi connectivity index (χ4n) is 2.33. The van der Waals surface area contributed by atoms with Crippen LogP contribution in [0.2, 0.25) is 0 Å². The largest absolute Gasteiger partial charge is 0.493 e. The first-order valence-electron chi connectivity index (χ1n) is 8.33. The van der Waals surface area contributed by atoms with Gasteiger partial charge in [-0.15, -0.1) is 0 Å². The van der Waals surface area contributed by atoms with Crippen molar-refractivity contribution in [1.82, 2.24) is 0 Å². The number of nitriles is 1. The van der Waals surface area contributed by atoms with Gasteiger partial charge in [0.1, 0.15) is 11.6 Å². The maximum atomic E-state index is 12.8. The Morgan fingerprint density at radius 2 is 1.93 bits per heavy atom. The molecule has 7 nitrogen and oxygen atoms in total. The molecule has 0 saturated heterocycles. The van der Waals surface area contributed by atoms with Crippen LogP contribution in [0.4, 0.5) is 18.9 Å². The fourth-order valence-corrected chi connectivity index (χ4v) is 2.33. The van der Waals surface area contributed by atoms with Crippen LogP contribution in [0.15, 0.2) is 48.0 Å². The molecule has 3 N–H and O–H groups in total. The highest BCUT2D eigenvalue weighted by atomic mass is 19.4. The minimum atomic E-state index is -4.57. The summed E-state index contributed by atoms with van der Waals surface area (Å²) in [6, 6.07) is 10.1. The fraction of sp³-hybridized carbons (Fsp3) is 0.150. The molecular weight excluding hydrogens is 403 g/mol. The lowest BCUT2D eigenvalue weighted by Gasteiger charge is -2.11. The van der Waals surface area contributed by atoms with Crippen LogP contribution in [0.3, 0.4) is 0 Å². The van der Waals surface area contributed by atoms with E-state index in [9.17, 15) is 28.0 Å². The van der Waals surface area contributed by atoms with Crippen LogP contribution in [-0.2, 0) is 15.8 Å². The molecule has 0 fully saturated rings. The molecule has 0 heterocycles. The van der Waals surface area contributed by atoms with Gasteiger partial charge >= 0.3 is 6.18 Å². The summed E-state index contributed by atoms with van der Waals surface area (Å²) in [5.74, 6) is -1.12. The highest BCUT2D eigenvalue weighted by Crippen LogP contribution is 2.31. The number of primary amides is 1. The van der Waals surface area contributed by atoms with Crippen molar-refractivity contribution in [3.05, 3.63) is 59.2 Å². The summed E-state index contributed by atoms with van der Waals surface area (Å²) in [6.45, 7) is -0.367. The number of anilines is 1. The van der Waals surface area contributed by atoms with Gasteiger partial charge < -0.3 is 20.5 Å². The summed E-state index contributed by atoms with van der Waals surface area (Å²) in [6.07, 6.45) is -3.34. The van der Waals surface area contributed by atoms with Gasteiger partial charge in [-0.05, 0) is 42.0 Å². The van der Waals surface area contributed by atoms with Crippen LogP contribution in [0.25, 0.3) is 6.08 Å². The Morgan fingerprint density at radius 3 is 2.53 bits per heavy atom. The zero-order valence-corrected chi connectivity index (χ0v) is 15.6. The van der Waals surface area contributed by atoms with Crippen molar-refractivity contribution in [3.63, 3.8) is 0 Å². The number of benzene rings is 2. The van der Waals surface area contributed by atoms with Crippen molar-refractivity contribution in [1.29, 1.82) is 5.26 Å². The minimum absolute atomic E-state index is 0.108. The summed E-state index contributed by atoms with van der Waals surface area (Å²) in [4.78, 5) is 23.1. The van der Waals surface area contributed by atoms with E-state index >= 15 is 0 Å². The molecule has 0 aromatic heterocycles. The number of ether oxygens (including phenoxy) is 2. The number of alkyl halides is 3. The molecule has 2 rings (SSSR count). The Morgan fingerprint density at radius 1 is 1.20 bits per heavy atom. The zero-order chi connectivity index (χ0) is 22.3. The first-order valence-corrected chi connectivity index (χ1v) is 8.33. The highest BCUT2D eigenvalue weighted by molar-refractivity contribution is 6.09. The molecule has 0 aliphatic heterocycles. The average molecular weight is 419 g/mol. The molecule has 0 aliphatic rings. The summed E-state index contributed by atoms with van der Waals surface area (Å²) in [7, 11) is 1.35. The molecule has 2 aromatic carbocycles. The second-order valence-corrected chi connectivity index (χ2v) is 5.87. The molecule has 0 bridgehead atoms. The minimum Gasteiger partial charge on any atom is -0.493 e. The van der Waals surface area contributed by atoms with Crippen LogP contribution in [0, 0.1) is 11.3 Å². The number of hydrogen-bond donors (Lipinski definition) is 2. The Labute approximate surface area is 169 Å². The van der Waals surface area contributed by atoms with Gasteiger partial charge in [0.05, 0.1) is 12.7 Å². The van der Waals surface area contributed by atoms with Crippen molar-refractivity contribution >= 4 is 23.6 Å². The number of methoxy groups -OCH3 is 1. The van der Waals surface area contributed by atoms with E-state index in [1.165, 1.54) is 37.5 Å². The topological polar surface area (TPSA) is 114 Å². The third-order valence-electron chi connectivity index (χ3n) is 3.68. The lowest BCUT2D eigenvalue weighted by molar-refractivity contribution is -0.137. The summed E-state index contributed by atoms with van der Waals surface area (Å²) >= 11 is 0. The first-order chi connectivity index (χ1) is 14.1. The van der Waals surface area contributed by atoms with Crippen LogP contribution < -0.4 is 20.5 Å². The normalized spacial score (nSPS) is 11.4. The molecule has 0 radical (unpaired) electrons. The quantitative estimate of drug-likeness (QED) is 0.529. The zero-order valence-electron chi connectivity index (χ0n) is 15.6. The van der Waals surface area contributed by atoms with E-state index in [-0.39, 0.29) is 29.4 Å². The van der Waals surface area contributed by atoms with Crippen molar-refractivity contribution in [2.45, 2.75) is 6.18 Å². The molecule has 0 spiro atoms. The van der Waals surface area contributed by atoms with Crippen LogP contribution in [0.1, 0.15) is 11.1 Å². The standard InChI is InChI=1S/C20H16F3N3O4/c1-29-17-8-12(5-6-16(17)30-11-18(25)27)7-13(10-24)19(28)26-15-4-2-3-14(9-15)20(21,22)23/h2-9H,11H2,1H3,(H2,25,27)(H,26,28)/b13-7+. The van der Waals surface area contributed by atoms with E-state index in [2.05, 4.69) is 5.32 Å². The van der Waals surface area contributed by atoms with E-state index in [1.54, 1.807) is 6.07 Å². The van der Waals surface area contributed by atoms with Crippen molar-refractivity contribution < 1.29 is 32.2 Å². The van der Waals surface area contributed by atoms with Gasteiger partial charge in [0.25, 0.3) is 11.8 Å². The summed E-state index contributed by atoms with van der Waals surface area (Å²) in [5.41, 5.74) is 4.02. The van der Waals surface area contributed by atoms with Gasteiger partial charge in [0.2, 0.25) is 0 Å². The third-order valence-corrected chi connectivity index (χ3v) is 3.68. The van der Waals surface area contributed by atoms with Gasteiger partial charge in [0.15, 0.2) is 18.1 Å². The molecule has 30 heavy (non-hydrogen) atoms. The monoisotopic (exact) mass is 419 g/mol.